The molecule has 0 bridgehead atoms. The first kappa shape index (κ1) is 8.99. The molecule has 5 heteroatoms. The zero-order chi connectivity index (χ0) is 9.52. The van der Waals surface area contributed by atoms with Gasteiger partial charge in [-0.1, -0.05) is 0 Å². The van der Waals surface area contributed by atoms with Crippen LogP contribution in [-0.2, 0) is 9.59 Å². The second kappa shape index (κ2) is 2.45. The molecule has 1 saturated heterocycles. The molecule has 0 aliphatic carbocycles. The summed E-state index contributed by atoms with van der Waals surface area (Å²) >= 11 is 0. The lowest BCUT2D eigenvalue weighted by molar-refractivity contribution is -0.177. The minimum absolute atomic E-state index is 0.177. The van der Waals surface area contributed by atoms with Gasteiger partial charge in [-0.25, -0.2) is 0 Å². The lowest BCUT2D eigenvalue weighted by Crippen LogP contribution is -2.69. The van der Waals surface area contributed by atoms with E-state index in [-0.39, 0.29) is 6.54 Å². The molecule has 0 aromatic heterocycles. The summed E-state index contributed by atoms with van der Waals surface area (Å²) in [5, 5.41) is 9.24. The van der Waals surface area contributed by atoms with E-state index in [1.807, 2.05) is 0 Å². The van der Waals surface area contributed by atoms with Gasteiger partial charge >= 0.3 is 0 Å². The van der Waals surface area contributed by atoms with Gasteiger partial charge < -0.3 is 15.7 Å². The van der Waals surface area contributed by atoms with E-state index in [2.05, 4.69) is 0 Å². The number of carbonyl (C=O) groups is 2. The van der Waals surface area contributed by atoms with E-state index in [1.165, 1.54) is 18.7 Å². The van der Waals surface area contributed by atoms with Crippen LogP contribution >= 0.6 is 0 Å². The Morgan fingerprint density at radius 3 is 2.58 bits per heavy atom. The summed E-state index contributed by atoms with van der Waals surface area (Å²) in [5.41, 5.74) is 3.68. The van der Waals surface area contributed by atoms with Crippen molar-refractivity contribution < 1.29 is 14.7 Å². The Bertz CT molecular complexity index is 237. The number of likely N-dealkylation sites (tertiary alicyclic amines) is 1. The molecule has 2 amide bonds. The lowest BCUT2D eigenvalue weighted by Gasteiger charge is -2.45. The van der Waals surface area contributed by atoms with Gasteiger partial charge in [-0.05, 0) is 13.8 Å². The normalized spacial score (nSPS) is 31.2. The minimum Gasteiger partial charge on any atom is -0.378 e. The van der Waals surface area contributed by atoms with Gasteiger partial charge in [0, 0.05) is 0 Å². The number of hydrogen-bond acceptors (Lipinski definition) is 3. The van der Waals surface area contributed by atoms with E-state index in [0.29, 0.717) is 0 Å². The van der Waals surface area contributed by atoms with Gasteiger partial charge in [0.25, 0.3) is 5.91 Å². The highest BCUT2D eigenvalue weighted by Crippen LogP contribution is 2.23. The summed E-state index contributed by atoms with van der Waals surface area (Å²) in [7, 11) is 0. The number of primary amides is 1. The molecule has 68 valence electrons. The van der Waals surface area contributed by atoms with Crippen molar-refractivity contribution in [3.8, 4) is 0 Å². The molecule has 2 unspecified atom stereocenters. The number of nitrogens with zero attached hydrogens (tertiary/aromatic N) is 1. The highest BCUT2D eigenvalue weighted by molar-refractivity contribution is 5.95. The maximum Gasteiger partial charge on any atom is 0.256 e. The molecular weight excluding hydrogens is 160 g/mol. The smallest absolute Gasteiger partial charge is 0.256 e. The van der Waals surface area contributed by atoms with Crippen LogP contribution in [0, 0.1) is 0 Å². The Labute approximate surface area is 70.1 Å². The Morgan fingerprint density at radius 2 is 2.33 bits per heavy atom. The molecule has 1 fully saturated rings. The van der Waals surface area contributed by atoms with Crippen LogP contribution in [0.5, 0.6) is 0 Å². The summed E-state index contributed by atoms with van der Waals surface area (Å²) < 4.78 is 0. The SMILES string of the molecule is CC(C(N)=O)N1CC(C)(O)C1=O. The van der Waals surface area contributed by atoms with Crippen molar-refractivity contribution in [2.24, 2.45) is 5.73 Å². The first-order valence-corrected chi connectivity index (χ1v) is 3.69. The van der Waals surface area contributed by atoms with Crippen molar-refractivity contribution in [3.05, 3.63) is 0 Å². The van der Waals surface area contributed by atoms with Gasteiger partial charge in [0.05, 0.1) is 6.54 Å². The van der Waals surface area contributed by atoms with Crippen LogP contribution in [0.3, 0.4) is 0 Å². The molecule has 5 nitrogen and oxygen atoms in total. The molecule has 0 spiro atoms. The zero-order valence-electron chi connectivity index (χ0n) is 7.07. The molecule has 1 rings (SSSR count). The predicted molar refractivity (Wildman–Crippen MR) is 41.0 cm³/mol. The standard InChI is InChI=1S/C7H12N2O3/c1-4(5(8)10)9-3-7(2,12)6(9)11/h4,12H,3H2,1-2H3,(H2,8,10). The van der Waals surface area contributed by atoms with Gasteiger partial charge in [-0.2, -0.15) is 0 Å². The first-order chi connectivity index (χ1) is 5.36. The molecule has 0 radical (unpaired) electrons. The highest BCUT2D eigenvalue weighted by Gasteiger charge is 2.49. The summed E-state index contributed by atoms with van der Waals surface area (Å²) in [5.74, 6) is -0.993. The Kier molecular flexibility index (Phi) is 1.83. The minimum atomic E-state index is -1.30. The van der Waals surface area contributed by atoms with Crippen molar-refractivity contribution in [3.63, 3.8) is 0 Å². The van der Waals surface area contributed by atoms with E-state index in [0.717, 1.165) is 0 Å². The van der Waals surface area contributed by atoms with E-state index < -0.39 is 23.5 Å². The average molecular weight is 172 g/mol. The molecule has 0 aromatic carbocycles. The summed E-state index contributed by atoms with van der Waals surface area (Å²) in [4.78, 5) is 23.0. The van der Waals surface area contributed by atoms with Gasteiger partial charge in [-0.15, -0.1) is 0 Å². The van der Waals surface area contributed by atoms with E-state index in [4.69, 9.17) is 5.73 Å². The molecule has 0 aromatic rings. The second-order valence-corrected chi connectivity index (χ2v) is 3.29. The molecular formula is C7H12N2O3. The molecule has 12 heavy (non-hydrogen) atoms. The van der Waals surface area contributed by atoms with Crippen LogP contribution in [0.25, 0.3) is 0 Å². The largest absolute Gasteiger partial charge is 0.378 e. The average Bonchev–Trinajstić information content (AvgIpc) is 1.98. The number of aliphatic hydroxyl groups is 1. The van der Waals surface area contributed by atoms with Crippen LogP contribution in [0.4, 0.5) is 0 Å². The van der Waals surface area contributed by atoms with Gasteiger partial charge in [0.15, 0.2) is 5.60 Å². The molecule has 1 aliphatic heterocycles. The number of carbonyl (C=O) groups excluding carboxylic acids is 2. The Hall–Kier alpha value is -1.10. The summed E-state index contributed by atoms with van der Waals surface area (Å²) in [6.45, 7) is 3.13. The molecule has 1 aliphatic rings. The van der Waals surface area contributed by atoms with Gasteiger partial charge in [0.1, 0.15) is 6.04 Å². The maximum atomic E-state index is 11.1. The van der Waals surface area contributed by atoms with Crippen LogP contribution in [-0.4, -0.2) is 40.0 Å². The van der Waals surface area contributed by atoms with Crippen LogP contribution in [0.1, 0.15) is 13.8 Å². The zero-order valence-corrected chi connectivity index (χ0v) is 7.07. The van der Waals surface area contributed by atoms with Crippen molar-refractivity contribution >= 4 is 11.8 Å². The monoisotopic (exact) mass is 172 g/mol. The van der Waals surface area contributed by atoms with Gasteiger partial charge in [0.2, 0.25) is 5.91 Å². The fourth-order valence-corrected chi connectivity index (χ4v) is 1.16. The molecule has 3 N–H and O–H groups in total. The fourth-order valence-electron chi connectivity index (χ4n) is 1.16. The van der Waals surface area contributed by atoms with Crippen LogP contribution in [0.2, 0.25) is 0 Å². The second-order valence-electron chi connectivity index (χ2n) is 3.29. The van der Waals surface area contributed by atoms with Crippen molar-refractivity contribution in [2.45, 2.75) is 25.5 Å². The maximum absolute atomic E-state index is 11.1. The Morgan fingerprint density at radius 1 is 1.83 bits per heavy atom. The molecule has 2 atom stereocenters. The fraction of sp³-hybridized carbons (Fsp3) is 0.714. The number of amides is 2. The van der Waals surface area contributed by atoms with Crippen molar-refractivity contribution in [1.82, 2.24) is 4.90 Å². The Balaban J connectivity index is 2.61. The van der Waals surface area contributed by atoms with E-state index >= 15 is 0 Å². The number of nitrogens with two attached hydrogens (primary N) is 1. The molecule has 1 heterocycles. The lowest BCUT2D eigenvalue weighted by atomic mass is 9.93. The van der Waals surface area contributed by atoms with Crippen LogP contribution in [0.15, 0.2) is 0 Å². The van der Waals surface area contributed by atoms with Crippen LogP contribution < -0.4 is 5.73 Å². The molecule has 0 saturated carbocycles. The quantitative estimate of drug-likeness (QED) is 0.495. The van der Waals surface area contributed by atoms with E-state index in [9.17, 15) is 14.7 Å². The third kappa shape index (κ3) is 1.16. The third-order valence-electron chi connectivity index (χ3n) is 2.08. The summed E-state index contributed by atoms with van der Waals surface area (Å²) in [6.07, 6.45) is 0. The third-order valence-corrected chi connectivity index (χ3v) is 2.08. The number of hydrogen-bond donors (Lipinski definition) is 2. The topological polar surface area (TPSA) is 83.6 Å². The predicted octanol–water partition coefficient (Wildman–Crippen LogP) is -1.55. The number of β-amino-alcohol motifs (C(OH)–C–C–N with tert-alkyl or cyclic N) is 1. The van der Waals surface area contributed by atoms with Crippen molar-refractivity contribution in [1.29, 1.82) is 0 Å². The summed E-state index contributed by atoms with van der Waals surface area (Å²) in [6, 6.07) is -0.627. The van der Waals surface area contributed by atoms with E-state index in [1.54, 1.807) is 0 Å². The number of rotatable bonds is 2. The highest BCUT2D eigenvalue weighted by atomic mass is 16.3. The van der Waals surface area contributed by atoms with Crippen molar-refractivity contribution in [2.75, 3.05) is 6.54 Å². The first-order valence-electron chi connectivity index (χ1n) is 3.69. The van der Waals surface area contributed by atoms with Gasteiger partial charge in [-0.3, -0.25) is 9.59 Å². The number of β-lactam (4-membered cyclic amide) rings is 1.